The summed E-state index contributed by atoms with van der Waals surface area (Å²) in [7, 11) is 0. The van der Waals surface area contributed by atoms with Gasteiger partial charge in [-0.1, -0.05) is 23.8 Å². The van der Waals surface area contributed by atoms with Gasteiger partial charge in [-0.05, 0) is 51.8 Å². The van der Waals surface area contributed by atoms with E-state index in [0.29, 0.717) is 28.7 Å². The Morgan fingerprint density at radius 1 is 1.19 bits per heavy atom. The number of fused-ring (bicyclic) bond motifs is 3. The number of allylic oxidation sites excluding steroid dienone is 2. The summed E-state index contributed by atoms with van der Waals surface area (Å²) in [6.45, 7) is 7.39. The average Bonchev–Trinajstić information content (AvgIpc) is 2.70. The molecule has 1 aromatic heterocycles. The van der Waals surface area contributed by atoms with Crippen LogP contribution >= 0.6 is 0 Å². The van der Waals surface area contributed by atoms with Crippen LogP contribution < -0.4 is 10.2 Å². The predicted molar refractivity (Wildman–Crippen MR) is 119 cm³/mol. The molecule has 3 N–H and O–H groups in total. The molecule has 1 aliphatic heterocycles. The average molecular weight is 422 g/mol. The van der Waals surface area contributed by atoms with Crippen molar-refractivity contribution in [2.75, 3.05) is 0 Å². The van der Waals surface area contributed by atoms with Gasteiger partial charge in [-0.15, -0.1) is 0 Å². The summed E-state index contributed by atoms with van der Waals surface area (Å²) in [6.07, 6.45) is 3.01. The van der Waals surface area contributed by atoms with Crippen LogP contribution in [-0.4, -0.2) is 27.0 Å². The Morgan fingerprint density at radius 2 is 1.87 bits per heavy atom. The zero-order valence-electron chi connectivity index (χ0n) is 18.0. The third-order valence-electron chi connectivity index (χ3n) is 5.80. The molecule has 0 saturated heterocycles. The Hall–Kier alpha value is -3.25. The summed E-state index contributed by atoms with van der Waals surface area (Å²) in [6, 6.07) is 6.28. The van der Waals surface area contributed by atoms with Crippen LogP contribution in [0.15, 0.2) is 51.4 Å². The Morgan fingerprint density at radius 3 is 2.52 bits per heavy atom. The molecule has 0 aliphatic carbocycles. The Balaban J connectivity index is 2.07. The second kappa shape index (κ2) is 7.46. The largest absolute Gasteiger partial charge is 0.508 e. The number of hydrogen-bond acceptors (Lipinski definition) is 6. The van der Waals surface area contributed by atoms with Crippen LogP contribution in [0, 0.1) is 0 Å². The van der Waals surface area contributed by atoms with Gasteiger partial charge in [-0.3, -0.25) is 4.79 Å². The minimum Gasteiger partial charge on any atom is -0.508 e. The van der Waals surface area contributed by atoms with E-state index in [1.807, 2.05) is 19.9 Å². The van der Waals surface area contributed by atoms with Gasteiger partial charge in [0.15, 0.2) is 0 Å². The minimum atomic E-state index is -0.936. The summed E-state index contributed by atoms with van der Waals surface area (Å²) < 4.78 is 12.0. The van der Waals surface area contributed by atoms with E-state index in [1.165, 1.54) is 18.4 Å². The number of phenols is 2. The standard InChI is InChI=1S/C25H26O6/c1-13(2)5-10-16-21(28)17-11-19(27)25(3,4)31-24(17)20-22(29)18(12-30-23(16)20)14-6-8-15(26)9-7-14/h5-9,12,19,26-28H,10-11H2,1-4H3. The first kappa shape index (κ1) is 21.0. The van der Waals surface area contributed by atoms with Crippen molar-refractivity contribution in [3.05, 3.63) is 63.5 Å². The molecule has 0 amide bonds. The fourth-order valence-corrected chi connectivity index (χ4v) is 3.85. The van der Waals surface area contributed by atoms with E-state index >= 15 is 0 Å². The van der Waals surface area contributed by atoms with Crippen LogP contribution in [-0.2, 0) is 12.8 Å². The van der Waals surface area contributed by atoms with E-state index in [-0.39, 0.29) is 40.1 Å². The summed E-state index contributed by atoms with van der Waals surface area (Å²) in [5.41, 5.74) is 1.91. The number of aromatic hydroxyl groups is 2. The van der Waals surface area contributed by atoms with Gasteiger partial charge in [0.2, 0.25) is 5.43 Å². The maximum Gasteiger partial charge on any atom is 0.204 e. The summed E-state index contributed by atoms with van der Waals surface area (Å²) in [4.78, 5) is 13.6. The second-order valence-electron chi connectivity index (χ2n) is 8.78. The molecule has 6 heteroatoms. The fraction of sp³-hybridized carbons (Fsp3) is 0.320. The first-order chi connectivity index (χ1) is 14.6. The van der Waals surface area contributed by atoms with Crippen molar-refractivity contribution < 1.29 is 24.5 Å². The summed E-state index contributed by atoms with van der Waals surface area (Å²) in [5, 5.41) is 31.4. The lowest BCUT2D eigenvalue weighted by Gasteiger charge is -2.38. The SMILES string of the molecule is CC(C)=CCc1c(O)c2c(c3c(=O)c(-c4ccc(O)cc4)coc13)OC(C)(C)C(O)C2. The molecule has 2 heterocycles. The third-order valence-corrected chi connectivity index (χ3v) is 5.80. The molecule has 162 valence electrons. The summed E-state index contributed by atoms with van der Waals surface area (Å²) in [5.74, 6) is 0.326. The molecule has 1 aliphatic rings. The van der Waals surface area contributed by atoms with Crippen molar-refractivity contribution in [1.82, 2.24) is 0 Å². The highest BCUT2D eigenvalue weighted by Crippen LogP contribution is 2.45. The molecule has 0 fully saturated rings. The zero-order valence-corrected chi connectivity index (χ0v) is 18.0. The predicted octanol–water partition coefficient (Wildman–Crippen LogP) is 4.45. The molecule has 3 aromatic rings. The first-order valence-electron chi connectivity index (χ1n) is 10.2. The molecule has 31 heavy (non-hydrogen) atoms. The molecular weight excluding hydrogens is 396 g/mol. The number of phenolic OH excluding ortho intramolecular Hbond substituents is 2. The van der Waals surface area contributed by atoms with E-state index in [2.05, 4.69) is 0 Å². The van der Waals surface area contributed by atoms with E-state index in [4.69, 9.17) is 9.15 Å². The number of benzene rings is 2. The number of aliphatic hydroxyl groups excluding tert-OH is 1. The molecule has 0 saturated carbocycles. The Kier molecular flexibility index (Phi) is 5.06. The first-order valence-corrected chi connectivity index (χ1v) is 10.2. The van der Waals surface area contributed by atoms with Crippen LogP contribution in [0.5, 0.6) is 17.2 Å². The quantitative estimate of drug-likeness (QED) is 0.539. The van der Waals surface area contributed by atoms with Crippen LogP contribution in [0.1, 0.15) is 38.8 Å². The van der Waals surface area contributed by atoms with Crippen molar-refractivity contribution in [2.45, 2.75) is 52.2 Å². The molecule has 1 atom stereocenters. The molecule has 0 bridgehead atoms. The number of hydrogen-bond donors (Lipinski definition) is 3. The van der Waals surface area contributed by atoms with E-state index < -0.39 is 11.7 Å². The highest BCUT2D eigenvalue weighted by molar-refractivity contribution is 5.93. The van der Waals surface area contributed by atoms with Crippen molar-refractivity contribution >= 4 is 11.0 Å². The molecule has 0 spiro atoms. The topological polar surface area (TPSA) is 100 Å². The van der Waals surface area contributed by atoms with Crippen molar-refractivity contribution in [2.24, 2.45) is 0 Å². The monoisotopic (exact) mass is 422 g/mol. The third kappa shape index (κ3) is 3.57. The van der Waals surface area contributed by atoms with Gasteiger partial charge in [0.25, 0.3) is 0 Å². The van der Waals surface area contributed by atoms with E-state index in [1.54, 1.807) is 26.0 Å². The molecule has 0 radical (unpaired) electrons. The van der Waals surface area contributed by atoms with Crippen LogP contribution in [0.25, 0.3) is 22.1 Å². The zero-order chi connectivity index (χ0) is 22.5. The van der Waals surface area contributed by atoms with Gasteiger partial charge in [-0.25, -0.2) is 0 Å². The Labute approximate surface area is 180 Å². The smallest absolute Gasteiger partial charge is 0.204 e. The van der Waals surface area contributed by atoms with Crippen molar-refractivity contribution in [3.8, 4) is 28.4 Å². The highest BCUT2D eigenvalue weighted by atomic mass is 16.5. The maximum absolute atomic E-state index is 13.6. The van der Waals surface area contributed by atoms with E-state index in [0.717, 1.165) is 5.57 Å². The fourth-order valence-electron chi connectivity index (χ4n) is 3.85. The lowest BCUT2D eigenvalue weighted by molar-refractivity contribution is -0.0406. The number of aliphatic hydroxyl groups is 1. The second-order valence-corrected chi connectivity index (χ2v) is 8.78. The lowest BCUT2D eigenvalue weighted by Crippen LogP contribution is -2.46. The molecule has 6 nitrogen and oxygen atoms in total. The van der Waals surface area contributed by atoms with Gasteiger partial charge in [0, 0.05) is 17.5 Å². The normalized spacial score (nSPS) is 17.1. The van der Waals surface area contributed by atoms with Crippen LogP contribution in [0.3, 0.4) is 0 Å². The lowest BCUT2D eigenvalue weighted by atomic mass is 9.87. The van der Waals surface area contributed by atoms with Gasteiger partial charge >= 0.3 is 0 Å². The number of ether oxygens (including phenoxy) is 1. The minimum absolute atomic E-state index is 0.0184. The molecular formula is C25H26O6. The van der Waals surface area contributed by atoms with Crippen LogP contribution in [0.2, 0.25) is 0 Å². The molecule has 4 rings (SSSR count). The molecule has 2 aromatic carbocycles. The van der Waals surface area contributed by atoms with Crippen LogP contribution in [0.4, 0.5) is 0 Å². The molecule has 1 unspecified atom stereocenters. The summed E-state index contributed by atoms with van der Waals surface area (Å²) >= 11 is 0. The van der Waals surface area contributed by atoms with Gasteiger partial charge < -0.3 is 24.5 Å². The number of rotatable bonds is 3. The van der Waals surface area contributed by atoms with E-state index in [9.17, 15) is 20.1 Å². The van der Waals surface area contributed by atoms with Gasteiger partial charge in [0.05, 0.1) is 11.7 Å². The van der Waals surface area contributed by atoms with Gasteiger partial charge in [0.1, 0.15) is 40.1 Å². The Bertz CT molecular complexity index is 1240. The highest BCUT2D eigenvalue weighted by Gasteiger charge is 2.39. The maximum atomic E-state index is 13.6. The van der Waals surface area contributed by atoms with Crippen molar-refractivity contribution in [1.29, 1.82) is 0 Å². The van der Waals surface area contributed by atoms with Crippen molar-refractivity contribution in [3.63, 3.8) is 0 Å². The van der Waals surface area contributed by atoms with Gasteiger partial charge in [-0.2, -0.15) is 0 Å².